The second-order valence-corrected chi connectivity index (χ2v) is 10.1. The first-order valence-corrected chi connectivity index (χ1v) is 12.3. The summed E-state index contributed by atoms with van der Waals surface area (Å²) < 4.78 is 41.7. The minimum Gasteiger partial charge on any atom is -0.483 e. The van der Waals surface area contributed by atoms with Crippen LogP contribution in [0, 0.1) is 0 Å². The van der Waals surface area contributed by atoms with E-state index in [-0.39, 0.29) is 36.4 Å². The molecule has 0 radical (unpaired) electrons. The van der Waals surface area contributed by atoms with Crippen molar-refractivity contribution in [1.29, 1.82) is 0 Å². The molecular formula is C21H24N4O4S2. The molecule has 0 spiro atoms. The van der Waals surface area contributed by atoms with Crippen LogP contribution in [-0.4, -0.2) is 65.1 Å². The fourth-order valence-electron chi connectivity index (χ4n) is 3.63. The molecule has 31 heavy (non-hydrogen) atoms. The summed E-state index contributed by atoms with van der Waals surface area (Å²) in [6, 6.07) is 12.7. The zero-order valence-corrected chi connectivity index (χ0v) is 19.0. The summed E-state index contributed by atoms with van der Waals surface area (Å²) >= 11 is 0.991. The lowest BCUT2D eigenvalue weighted by atomic mass is 10.0. The summed E-state index contributed by atoms with van der Waals surface area (Å²) in [5.74, 6) is 0.843. The molecule has 1 aliphatic heterocycles. The van der Waals surface area contributed by atoms with Gasteiger partial charge in [0.15, 0.2) is 6.61 Å². The fourth-order valence-corrected chi connectivity index (χ4v) is 5.80. The standard InChI is InChI=1S/C21H24N4O4S2/c1-15(2)16-6-3-4-8-18(16)29-14-20(26)24-10-12-25(13-11-24)31(27,28)19-9-5-7-17-21(19)23-30-22-17/h3-9,15H,10-14H2,1-2H3. The molecule has 1 fully saturated rings. The number of carbonyl (C=O) groups excluding carboxylic acids is 1. The normalized spacial score (nSPS) is 15.5. The molecule has 4 rings (SSSR count). The van der Waals surface area contributed by atoms with E-state index in [1.807, 2.05) is 24.3 Å². The Hall–Kier alpha value is -2.56. The van der Waals surface area contributed by atoms with E-state index in [1.165, 1.54) is 4.31 Å². The third kappa shape index (κ3) is 4.41. The van der Waals surface area contributed by atoms with E-state index in [0.29, 0.717) is 29.9 Å². The monoisotopic (exact) mass is 460 g/mol. The Labute approximate surface area is 185 Å². The van der Waals surface area contributed by atoms with Gasteiger partial charge in [0, 0.05) is 26.2 Å². The second kappa shape index (κ2) is 8.89. The number of ether oxygens (including phenoxy) is 1. The van der Waals surface area contributed by atoms with Crippen molar-refractivity contribution in [3.63, 3.8) is 0 Å². The third-order valence-electron chi connectivity index (χ3n) is 5.35. The van der Waals surface area contributed by atoms with Crippen molar-refractivity contribution in [2.45, 2.75) is 24.7 Å². The van der Waals surface area contributed by atoms with Gasteiger partial charge < -0.3 is 9.64 Å². The number of fused-ring (bicyclic) bond motifs is 1. The first kappa shape index (κ1) is 21.7. The van der Waals surface area contributed by atoms with Gasteiger partial charge in [-0.15, -0.1) is 0 Å². The maximum atomic E-state index is 13.1. The van der Waals surface area contributed by atoms with Gasteiger partial charge in [-0.05, 0) is 29.7 Å². The SMILES string of the molecule is CC(C)c1ccccc1OCC(=O)N1CCN(S(=O)(=O)c2cccc3nsnc23)CC1. The third-order valence-corrected chi connectivity index (χ3v) is 7.82. The minimum absolute atomic E-state index is 0.0692. The molecule has 1 aromatic heterocycles. The molecule has 0 aliphatic carbocycles. The van der Waals surface area contributed by atoms with Gasteiger partial charge in [0.1, 0.15) is 21.7 Å². The average Bonchev–Trinajstić information content (AvgIpc) is 3.26. The van der Waals surface area contributed by atoms with E-state index < -0.39 is 10.0 Å². The molecule has 2 aromatic carbocycles. The maximum absolute atomic E-state index is 13.1. The molecule has 1 aliphatic rings. The number of para-hydroxylation sites is 1. The van der Waals surface area contributed by atoms with Crippen LogP contribution in [0.5, 0.6) is 5.75 Å². The van der Waals surface area contributed by atoms with Crippen LogP contribution >= 0.6 is 11.7 Å². The van der Waals surface area contributed by atoms with Gasteiger partial charge in [-0.2, -0.15) is 13.1 Å². The molecule has 164 valence electrons. The zero-order valence-electron chi connectivity index (χ0n) is 17.4. The number of hydrogen-bond donors (Lipinski definition) is 0. The number of rotatable bonds is 6. The maximum Gasteiger partial charge on any atom is 0.260 e. The number of nitrogens with zero attached hydrogens (tertiary/aromatic N) is 4. The molecule has 3 aromatic rings. The van der Waals surface area contributed by atoms with E-state index in [1.54, 1.807) is 23.1 Å². The molecule has 0 N–H and O–H groups in total. The summed E-state index contributed by atoms with van der Waals surface area (Å²) in [5.41, 5.74) is 2.01. The molecule has 8 nitrogen and oxygen atoms in total. The highest BCUT2D eigenvalue weighted by molar-refractivity contribution is 7.89. The number of sulfonamides is 1. The predicted octanol–water partition coefficient (Wildman–Crippen LogP) is 2.73. The van der Waals surface area contributed by atoms with Crippen LogP contribution in [0.1, 0.15) is 25.3 Å². The van der Waals surface area contributed by atoms with E-state index in [4.69, 9.17) is 4.74 Å². The summed E-state index contributed by atoms with van der Waals surface area (Å²) in [6.07, 6.45) is 0. The minimum atomic E-state index is -3.71. The number of benzene rings is 2. The predicted molar refractivity (Wildman–Crippen MR) is 119 cm³/mol. The van der Waals surface area contributed by atoms with Crippen molar-refractivity contribution >= 4 is 38.7 Å². The Morgan fingerprint density at radius 2 is 1.81 bits per heavy atom. The van der Waals surface area contributed by atoms with Crippen LogP contribution in [0.3, 0.4) is 0 Å². The lowest BCUT2D eigenvalue weighted by Crippen LogP contribution is -2.51. The molecule has 10 heteroatoms. The van der Waals surface area contributed by atoms with Crippen LogP contribution in [0.25, 0.3) is 11.0 Å². The van der Waals surface area contributed by atoms with Crippen LogP contribution in [0.2, 0.25) is 0 Å². The first-order chi connectivity index (χ1) is 14.9. The highest BCUT2D eigenvalue weighted by Gasteiger charge is 2.32. The average molecular weight is 461 g/mol. The van der Waals surface area contributed by atoms with Gasteiger partial charge in [0.05, 0.1) is 11.7 Å². The van der Waals surface area contributed by atoms with Crippen LogP contribution in [0.15, 0.2) is 47.4 Å². The molecule has 0 bridgehead atoms. The first-order valence-electron chi connectivity index (χ1n) is 10.1. The lowest BCUT2D eigenvalue weighted by molar-refractivity contribution is -0.134. The largest absolute Gasteiger partial charge is 0.483 e. The Balaban J connectivity index is 1.38. The van der Waals surface area contributed by atoms with E-state index in [9.17, 15) is 13.2 Å². The zero-order chi connectivity index (χ0) is 22.0. The van der Waals surface area contributed by atoms with Gasteiger partial charge >= 0.3 is 0 Å². The lowest BCUT2D eigenvalue weighted by Gasteiger charge is -2.34. The topological polar surface area (TPSA) is 92.7 Å². The Morgan fingerprint density at radius 3 is 2.55 bits per heavy atom. The fraction of sp³-hybridized carbons (Fsp3) is 0.381. The van der Waals surface area contributed by atoms with Crippen molar-refractivity contribution in [1.82, 2.24) is 18.0 Å². The molecule has 0 unspecified atom stereocenters. The molecule has 0 atom stereocenters. The van der Waals surface area contributed by atoms with Crippen molar-refractivity contribution in [3.8, 4) is 5.75 Å². The molecule has 2 heterocycles. The van der Waals surface area contributed by atoms with Crippen molar-refractivity contribution in [2.75, 3.05) is 32.8 Å². The van der Waals surface area contributed by atoms with Crippen molar-refractivity contribution in [2.24, 2.45) is 0 Å². The number of hydrogen-bond acceptors (Lipinski definition) is 7. The van der Waals surface area contributed by atoms with Gasteiger partial charge in [-0.3, -0.25) is 4.79 Å². The Bertz CT molecular complexity index is 1180. The summed E-state index contributed by atoms with van der Waals surface area (Å²) in [5, 5.41) is 0. The molecule has 0 saturated carbocycles. The summed E-state index contributed by atoms with van der Waals surface area (Å²) in [4.78, 5) is 14.4. The highest BCUT2D eigenvalue weighted by atomic mass is 32.2. The summed E-state index contributed by atoms with van der Waals surface area (Å²) in [6.45, 7) is 5.17. The molecule has 1 saturated heterocycles. The van der Waals surface area contributed by atoms with Crippen LogP contribution in [0.4, 0.5) is 0 Å². The van der Waals surface area contributed by atoms with Crippen LogP contribution < -0.4 is 4.74 Å². The number of piperazine rings is 1. The van der Waals surface area contributed by atoms with E-state index in [2.05, 4.69) is 22.6 Å². The van der Waals surface area contributed by atoms with Gasteiger partial charge in [0.2, 0.25) is 10.0 Å². The molecule has 1 amide bonds. The second-order valence-electron chi connectivity index (χ2n) is 7.65. The van der Waals surface area contributed by atoms with Gasteiger partial charge in [-0.1, -0.05) is 38.1 Å². The summed E-state index contributed by atoms with van der Waals surface area (Å²) in [7, 11) is -3.71. The number of amides is 1. The van der Waals surface area contributed by atoms with Crippen LogP contribution in [-0.2, 0) is 14.8 Å². The van der Waals surface area contributed by atoms with E-state index >= 15 is 0 Å². The number of aromatic nitrogens is 2. The molecular weight excluding hydrogens is 436 g/mol. The van der Waals surface area contributed by atoms with Crippen molar-refractivity contribution < 1.29 is 17.9 Å². The van der Waals surface area contributed by atoms with Gasteiger partial charge in [0.25, 0.3) is 5.91 Å². The van der Waals surface area contributed by atoms with Crippen molar-refractivity contribution in [3.05, 3.63) is 48.0 Å². The smallest absolute Gasteiger partial charge is 0.260 e. The Morgan fingerprint density at radius 1 is 1.06 bits per heavy atom. The van der Waals surface area contributed by atoms with E-state index in [0.717, 1.165) is 17.3 Å². The van der Waals surface area contributed by atoms with Gasteiger partial charge in [-0.25, -0.2) is 8.42 Å². The Kier molecular flexibility index (Phi) is 6.22. The number of carbonyl (C=O) groups is 1. The highest BCUT2D eigenvalue weighted by Crippen LogP contribution is 2.27. The quantitative estimate of drug-likeness (QED) is 0.562.